The van der Waals surface area contributed by atoms with Crippen LogP contribution in [0.15, 0.2) is 31.0 Å². The molecular weight excluding hydrogens is 266 g/mol. The summed E-state index contributed by atoms with van der Waals surface area (Å²) in [5, 5.41) is 16.0. The third kappa shape index (κ3) is 2.63. The van der Waals surface area contributed by atoms with E-state index in [0.29, 0.717) is 4.90 Å². The number of hydrogen-bond acceptors (Lipinski definition) is 6. The summed E-state index contributed by atoms with van der Waals surface area (Å²) in [6, 6.07) is 1.43. The fourth-order valence-corrected chi connectivity index (χ4v) is 2.66. The van der Waals surface area contributed by atoms with Gasteiger partial charge in [0.15, 0.2) is 5.03 Å². The van der Waals surface area contributed by atoms with Gasteiger partial charge < -0.3 is 5.11 Å². The molecule has 0 saturated carbocycles. The molecular formula is C8H5N3O4S2. The van der Waals surface area contributed by atoms with E-state index in [9.17, 15) is 14.4 Å². The molecule has 17 heavy (non-hydrogen) atoms. The highest BCUT2D eigenvalue weighted by molar-refractivity contribution is 7.99. The van der Waals surface area contributed by atoms with Crippen LogP contribution in [0, 0.1) is 0 Å². The van der Waals surface area contributed by atoms with Crippen molar-refractivity contribution in [1.82, 2.24) is 15.2 Å². The van der Waals surface area contributed by atoms with Crippen LogP contribution in [0.1, 0.15) is 9.67 Å². The molecule has 7 nitrogen and oxygen atoms in total. The lowest BCUT2D eigenvalue weighted by atomic mass is 10.5. The van der Waals surface area contributed by atoms with Crippen molar-refractivity contribution >= 4 is 29.1 Å². The number of rotatable bonds is 3. The van der Waals surface area contributed by atoms with Crippen LogP contribution in [-0.2, 0) is 0 Å². The topological polar surface area (TPSA) is 116 Å². The molecule has 0 unspecified atom stereocenters. The first-order chi connectivity index (χ1) is 8.06. The first-order valence-electron chi connectivity index (χ1n) is 4.25. The van der Waals surface area contributed by atoms with E-state index in [2.05, 4.69) is 10.2 Å². The van der Waals surface area contributed by atoms with Gasteiger partial charge in [-0.2, -0.15) is 5.10 Å². The van der Waals surface area contributed by atoms with Gasteiger partial charge in [-0.3, -0.25) is 9.78 Å². The maximum absolute atomic E-state index is 11.3. The molecule has 0 aliphatic carbocycles. The van der Waals surface area contributed by atoms with Crippen molar-refractivity contribution in [2.75, 3.05) is 0 Å². The second kappa shape index (κ2) is 4.55. The van der Waals surface area contributed by atoms with E-state index in [1.54, 1.807) is 5.38 Å². The van der Waals surface area contributed by atoms with Crippen molar-refractivity contribution in [1.29, 1.82) is 0 Å². The first-order valence-corrected chi connectivity index (χ1v) is 5.94. The molecule has 88 valence electrons. The first kappa shape index (κ1) is 11.6. The maximum Gasteiger partial charge on any atom is 0.345 e. The summed E-state index contributed by atoms with van der Waals surface area (Å²) < 4.78 is 0. The van der Waals surface area contributed by atoms with Gasteiger partial charge in [-0.05, 0) is 6.07 Å². The Hall–Kier alpha value is -1.87. The van der Waals surface area contributed by atoms with Crippen molar-refractivity contribution < 1.29 is 9.90 Å². The minimum absolute atomic E-state index is 0.0549. The zero-order valence-electron chi connectivity index (χ0n) is 8.09. The van der Waals surface area contributed by atoms with Crippen molar-refractivity contribution in [3.8, 4) is 0 Å². The fraction of sp³-hybridized carbons (Fsp3) is 0. The predicted molar refractivity (Wildman–Crippen MR) is 60.9 cm³/mol. The Balaban J connectivity index is 2.28. The molecule has 2 aromatic rings. The van der Waals surface area contributed by atoms with E-state index >= 15 is 0 Å². The number of aromatic nitrogens is 3. The zero-order chi connectivity index (χ0) is 12.4. The van der Waals surface area contributed by atoms with Crippen molar-refractivity contribution in [2.24, 2.45) is 0 Å². The second-order valence-corrected chi connectivity index (χ2v) is 4.84. The molecule has 2 heterocycles. The van der Waals surface area contributed by atoms with Gasteiger partial charge in [0.1, 0.15) is 4.88 Å². The van der Waals surface area contributed by atoms with E-state index in [1.807, 2.05) is 4.98 Å². The number of hydrogen-bond donors (Lipinski definition) is 3. The van der Waals surface area contributed by atoms with Gasteiger partial charge in [0.25, 0.3) is 5.56 Å². The zero-order valence-corrected chi connectivity index (χ0v) is 9.72. The summed E-state index contributed by atoms with van der Waals surface area (Å²) in [5.74, 6) is -1.02. The summed E-state index contributed by atoms with van der Waals surface area (Å²) in [5.41, 5.74) is -1.29. The lowest BCUT2D eigenvalue weighted by Crippen LogP contribution is -2.24. The molecule has 0 aliphatic heterocycles. The Morgan fingerprint density at radius 1 is 1.47 bits per heavy atom. The Labute approximate surface area is 102 Å². The van der Waals surface area contributed by atoms with Crippen LogP contribution in [-0.4, -0.2) is 26.3 Å². The van der Waals surface area contributed by atoms with Gasteiger partial charge in [0.2, 0.25) is 0 Å². The molecule has 0 atom stereocenters. The van der Waals surface area contributed by atoms with Gasteiger partial charge in [0, 0.05) is 10.3 Å². The van der Waals surface area contributed by atoms with E-state index in [-0.39, 0.29) is 9.90 Å². The number of aromatic amines is 2. The van der Waals surface area contributed by atoms with Gasteiger partial charge in [-0.15, -0.1) is 11.3 Å². The Morgan fingerprint density at radius 3 is 2.82 bits per heavy atom. The number of aromatic carboxylic acids is 1. The number of H-pyrrole nitrogens is 2. The monoisotopic (exact) mass is 271 g/mol. The highest BCUT2D eigenvalue weighted by Crippen LogP contribution is 2.27. The van der Waals surface area contributed by atoms with E-state index in [1.165, 1.54) is 6.07 Å². The molecule has 0 radical (unpaired) electrons. The predicted octanol–water partition coefficient (Wildman–Crippen LogP) is 0.369. The van der Waals surface area contributed by atoms with Gasteiger partial charge in [0.05, 0.1) is 0 Å². The second-order valence-electron chi connectivity index (χ2n) is 2.87. The van der Waals surface area contributed by atoms with Crippen LogP contribution >= 0.6 is 23.1 Å². The van der Waals surface area contributed by atoms with E-state index < -0.39 is 17.2 Å². The molecule has 0 aromatic carbocycles. The number of thiophene rings is 1. The smallest absolute Gasteiger partial charge is 0.345 e. The van der Waals surface area contributed by atoms with Crippen LogP contribution in [0.5, 0.6) is 0 Å². The average molecular weight is 271 g/mol. The number of carbonyl (C=O) groups is 1. The molecule has 0 aliphatic rings. The molecule has 2 rings (SSSR count). The summed E-state index contributed by atoms with van der Waals surface area (Å²) >= 11 is 2.04. The third-order valence-corrected chi connectivity index (χ3v) is 3.69. The van der Waals surface area contributed by atoms with Crippen LogP contribution in [0.25, 0.3) is 0 Å². The van der Waals surface area contributed by atoms with Gasteiger partial charge >= 0.3 is 11.7 Å². The fourth-order valence-electron chi connectivity index (χ4n) is 1.00. The quantitative estimate of drug-likeness (QED) is 0.742. The minimum atomic E-state index is -1.02. The standard InChI is InChI=1S/C8H5N3O4S2/c12-5-6(10-11-8(15)9-5)17-3-1-4(7(13)14)16-2-3/h1-2H,(H,13,14)(H2,9,11,12,15). The highest BCUT2D eigenvalue weighted by atomic mass is 32.2. The molecule has 2 aromatic heterocycles. The van der Waals surface area contributed by atoms with Crippen molar-refractivity contribution in [3.63, 3.8) is 0 Å². The Bertz CT molecular complexity index is 672. The maximum atomic E-state index is 11.3. The number of nitrogens with zero attached hydrogens (tertiary/aromatic N) is 1. The summed E-state index contributed by atoms with van der Waals surface area (Å²) in [4.78, 5) is 35.5. The Morgan fingerprint density at radius 2 is 2.24 bits per heavy atom. The summed E-state index contributed by atoms with van der Waals surface area (Å²) in [6.07, 6.45) is 0. The number of carboxylic acids is 1. The average Bonchev–Trinajstić information content (AvgIpc) is 2.71. The van der Waals surface area contributed by atoms with Crippen LogP contribution in [0.4, 0.5) is 0 Å². The lowest BCUT2D eigenvalue weighted by molar-refractivity contribution is 0.0702. The van der Waals surface area contributed by atoms with Crippen LogP contribution in [0.2, 0.25) is 0 Å². The third-order valence-electron chi connectivity index (χ3n) is 1.68. The molecule has 0 spiro atoms. The van der Waals surface area contributed by atoms with Gasteiger partial charge in [-0.25, -0.2) is 14.7 Å². The minimum Gasteiger partial charge on any atom is -0.477 e. The lowest BCUT2D eigenvalue weighted by Gasteiger charge is -1.94. The Kier molecular flexibility index (Phi) is 3.11. The number of nitrogens with one attached hydrogen (secondary N) is 2. The van der Waals surface area contributed by atoms with Crippen LogP contribution < -0.4 is 11.2 Å². The van der Waals surface area contributed by atoms with E-state index in [0.717, 1.165) is 23.1 Å². The normalized spacial score (nSPS) is 10.4. The molecule has 0 bridgehead atoms. The number of carboxylic acid groups (broad SMARTS) is 1. The SMILES string of the molecule is O=C(O)c1cc(Sc2n[nH]c(=O)[nH]c2=O)cs1. The van der Waals surface area contributed by atoms with Crippen molar-refractivity contribution in [3.05, 3.63) is 37.2 Å². The molecule has 0 saturated heterocycles. The molecule has 3 N–H and O–H groups in total. The summed E-state index contributed by atoms with van der Waals surface area (Å²) in [6.45, 7) is 0. The van der Waals surface area contributed by atoms with Crippen molar-refractivity contribution in [2.45, 2.75) is 9.92 Å². The summed E-state index contributed by atoms with van der Waals surface area (Å²) in [7, 11) is 0. The molecule has 0 amide bonds. The largest absolute Gasteiger partial charge is 0.477 e. The van der Waals surface area contributed by atoms with E-state index in [4.69, 9.17) is 5.11 Å². The highest BCUT2D eigenvalue weighted by Gasteiger charge is 2.10. The van der Waals surface area contributed by atoms with Crippen LogP contribution in [0.3, 0.4) is 0 Å². The molecule has 0 fully saturated rings. The molecule has 9 heteroatoms. The van der Waals surface area contributed by atoms with Gasteiger partial charge in [-0.1, -0.05) is 11.8 Å².